The SMILES string of the molecule is Cc1cnc(CN2C[C@]3(CCCN(C(=O)c4cc(C)on4)C3)CCC2=O)cn1. The molecule has 2 fully saturated rings. The van der Waals surface area contributed by atoms with E-state index in [0.717, 1.165) is 30.7 Å². The van der Waals surface area contributed by atoms with Crippen LogP contribution in [0.2, 0.25) is 0 Å². The van der Waals surface area contributed by atoms with Gasteiger partial charge in [-0.25, -0.2) is 0 Å². The molecule has 4 heterocycles. The number of nitrogens with zero attached hydrogens (tertiary/aromatic N) is 5. The average molecular weight is 383 g/mol. The number of rotatable bonds is 3. The van der Waals surface area contributed by atoms with E-state index in [1.165, 1.54) is 0 Å². The molecule has 8 nitrogen and oxygen atoms in total. The maximum Gasteiger partial charge on any atom is 0.276 e. The molecular formula is C20H25N5O3. The second-order valence-corrected chi connectivity index (χ2v) is 8.05. The van der Waals surface area contributed by atoms with Gasteiger partial charge in [-0.15, -0.1) is 0 Å². The molecule has 2 aromatic heterocycles. The third-order valence-corrected chi connectivity index (χ3v) is 5.73. The van der Waals surface area contributed by atoms with Gasteiger partial charge in [0.05, 0.1) is 24.1 Å². The molecule has 1 atom stereocenters. The van der Waals surface area contributed by atoms with Crippen LogP contribution in [-0.4, -0.2) is 56.4 Å². The van der Waals surface area contributed by atoms with E-state index in [9.17, 15) is 9.59 Å². The summed E-state index contributed by atoms with van der Waals surface area (Å²) >= 11 is 0. The Labute approximate surface area is 163 Å². The van der Waals surface area contributed by atoms with Crippen molar-refractivity contribution >= 4 is 11.8 Å². The molecule has 0 unspecified atom stereocenters. The molecule has 2 amide bonds. The maximum absolute atomic E-state index is 12.8. The van der Waals surface area contributed by atoms with E-state index < -0.39 is 0 Å². The fourth-order valence-corrected chi connectivity index (χ4v) is 4.29. The third-order valence-electron chi connectivity index (χ3n) is 5.73. The van der Waals surface area contributed by atoms with Crippen molar-refractivity contribution in [3.8, 4) is 0 Å². The Balaban J connectivity index is 1.47. The van der Waals surface area contributed by atoms with Crippen LogP contribution in [0.15, 0.2) is 23.0 Å². The van der Waals surface area contributed by atoms with Crippen molar-refractivity contribution in [3.63, 3.8) is 0 Å². The van der Waals surface area contributed by atoms with Crippen LogP contribution in [0.25, 0.3) is 0 Å². The van der Waals surface area contributed by atoms with Crippen molar-refractivity contribution in [1.29, 1.82) is 0 Å². The van der Waals surface area contributed by atoms with Crippen molar-refractivity contribution in [2.45, 2.75) is 46.1 Å². The number of piperidine rings is 2. The lowest BCUT2D eigenvalue weighted by atomic mass is 9.73. The lowest BCUT2D eigenvalue weighted by Gasteiger charge is -2.48. The first-order valence-electron chi connectivity index (χ1n) is 9.72. The first-order chi connectivity index (χ1) is 13.4. The lowest BCUT2D eigenvalue weighted by molar-refractivity contribution is -0.139. The number of hydrogen-bond donors (Lipinski definition) is 0. The van der Waals surface area contributed by atoms with Crippen molar-refractivity contribution in [2.75, 3.05) is 19.6 Å². The van der Waals surface area contributed by atoms with Gasteiger partial charge in [-0.2, -0.15) is 0 Å². The van der Waals surface area contributed by atoms with Crippen LogP contribution in [0.5, 0.6) is 0 Å². The molecule has 2 aliphatic heterocycles. The summed E-state index contributed by atoms with van der Waals surface area (Å²) in [7, 11) is 0. The van der Waals surface area contributed by atoms with Gasteiger partial charge in [0.2, 0.25) is 5.91 Å². The van der Waals surface area contributed by atoms with Gasteiger partial charge in [0.15, 0.2) is 5.69 Å². The number of aromatic nitrogens is 3. The van der Waals surface area contributed by atoms with E-state index in [0.29, 0.717) is 44.1 Å². The Kier molecular flexibility index (Phi) is 4.87. The summed E-state index contributed by atoms with van der Waals surface area (Å²) in [5, 5.41) is 3.87. The van der Waals surface area contributed by atoms with E-state index in [-0.39, 0.29) is 17.2 Å². The van der Waals surface area contributed by atoms with E-state index in [4.69, 9.17) is 4.52 Å². The van der Waals surface area contributed by atoms with Gasteiger partial charge < -0.3 is 14.3 Å². The van der Waals surface area contributed by atoms with Crippen LogP contribution in [0.4, 0.5) is 0 Å². The number of carbonyl (C=O) groups excluding carboxylic acids is 2. The Morgan fingerprint density at radius 3 is 2.79 bits per heavy atom. The van der Waals surface area contributed by atoms with Gasteiger partial charge >= 0.3 is 0 Å². The maximum atomic E-state index is 12.8. The first kappa shape index (κ1) is 18.6. The molecule has 0 bridgehead atoms. The summed E-state index contributed by atoms with van der Waals surface area (Å²) in [4.78, 5) is 37.7. The van der Waals surface area contributed by atoms with E-state index in [1.807, 2.05) is 16.7 Å². The van der Waals surface area contributed by atoms with E-state index >= 15 is 0 Å². The Morgan fingerprint density at radius 1 is 1.21 bits per heavy atom. The minimum atomic E-state index is -0.0937. The highest BCUT2D eigenvalue weighted by Gasteiger charge is 2.43. The Bertz CT molecular complexity index is 878. The largest absolute Gasteiger partial charge is 0.361 e. The minimum absolute atomic E-state index is 0.0707. The molecule has 2 saturated heterocycles. The fourth-order valence-electron chi connectivity index (χ4n) is 4.29. The third kappa shape index (κ3) is 3.76. The highest BCUT2D eigenvalue weighted by molar-refractivity contribution is 5.92. The van der Waals surface area contributed by atoms with Crippen molar-refractivity contribution in [3.05, 3.63) is 41.3 Å². The number of hydrogen-bond acceptors (Lipinski definition) is 6. The fraction of sp³-hybridized carbons (Fsp3) is 0.550. The molecule has 8 heteroatoms. The zero-order valence-electron chi connectivity index (χ0n) is 16.3. The number of aryl methyl sites for hydroxylation is 2. The topological polar surface area (TPSA) is 92.4 Å². The van der Waals surface area contributed by atoms with Gasteiger partial charge in [0.25, 0.3) is 5.91 Å². The normalized spacial score (nSPS) is 22.7. The minimum Gasteiger partial charge on any atom is -0.361 e. The monoisotopic (exact) mass is 383 g/mol. The first-order valence-corrected chi connectivity index (χ1v) is 9.72. The number of carbonyl (C=O) groups is 2. The highest BCUT2D eigenvalue weighted by atomic mass is 16.5. The molecule has 1 spiro atoms. The Hall–Kier alpha value is -2.77. The van der Waals surface area contributed by atoms with Crippen molar-refractivity contribution in [1.82, 2.24) is 24.9 Å². The van der Waals surface area contributed by atoms with Crippen LogP contribution in [-0.2, 0) is 11.3 Å². The zero-order chi connectivity index (χ0) is 19.7. The molecule has 2 aromatic rings. The molecule has 2 aliphatic rings. The highest BCUT2D eigenvalue weighted by Crippen LogP contribution is 2.39. The molecule has 0 N–H and O–H groups in total. The second kappa shape index (κ2) is 7.33. The molecule has 0 aromatic carbocycles. The van der Waals surface area contributed by atoms with Gasteiger partial charge in [-0.1, -0.05) is 5.16 Å². The van der Waals surface area contributed by atoms with Crippen molar-refractivity contribution in [2.24, 2.45) is 5.41 Å². The molecule has 148 valence electrons. The Morgan fingerprint density at radius 2 is 2.07 bits per heavy atom. The average Bonchev–Trinajstić information content (AvgIpc) is 3.13. The molecule has 0 aliphatic carbocycles. The van der Waals surface area contributed by atoms with Crippen LogP contribution in [0.1, 0.15) is 53.3 Å². The predicted molar refractivity (Wildman–Crippen MR) is 100 cm³/mol. The zero-order valence-corrected chi connectivity index (χ0v) is 16.3. The van der Waals surface area contributed by atoms with Crippen LogP contribution < -0.4 is 0 Å². The van der Waals surface area contributed by atoms with Gasteiger partial charge in [-0.05, 0) is 33.1 Å². The number of likely N-dealkylation sites (tertiary alicyclic amines) is 2. The summed E-state index contributed by atoms with van der Waals surface area (Å²) < 4.78 is 5.06. The summed E-state index contributed by atoms with van der Waals surface area (Å²) in [6.07, 6.45) is 6.70. The van der Waals surface area contributed by atoms with Crippen LogP contribution >= 0.6 is 0 Å². The molecule has 4 rings (SSSR count). The number of amides is 2. The molecule has 0 radical (unpaired) electrons. The standard InChI is InChI=1S/C20H25N5O3/c1-14-9-22-16(10-21-14)11-25-13-20(6-4-18(25)26)5-3-7-24(12-20)19(27)17-8-15(2)28-23-17/h8-10H,3-7,11-13H2,1-2H3/t20-/m1/s1. The van der Waals surface area contributed by atoms with Gasteiger partial charge in [0.1, 0.15) is 5.76 Å². The predicted octanol–water partition coefficient (Wildman–Crippen LogP) is 2.13. The summed E-state index contributed by atoms with van der Waals surface area (Å²) in [6, 6.07) is 1.68. The lowest BCUT2D eigenvalue weighted by Crippen LogP contribution is -2.54. The van der Waals surface area contributed by atoms with E-state index in [1.54, 1.807) is 25.4 Å². The summed E-state index contributed by atoms with van der Waals surface area (Å²) in [5.41, 5.74) is 1.93. The van der Waals surface area contributed by atoms with Crippen LogP contribution in [0, 0.1) is 19.3 Å². The van der Waals surface area contributed by atoms with Crippen LogP contribution in [0.3, 0.4) is 0 Å². The summed E-state index contributed by atoms with van der Waals surface area (Å²) in [6.45, 7) is 6.13. The molecular weight excluding hydrogens is 358 g/mol. The molecule has 0 saturated carbocycles. The van der Waals surface area contributed by atoms with Gasteiger partial charge in [0, 0.05) is 43.7 Å². The smallest absolute Gasteiger partial charge is 0.276 e. The van der Waals surface area contributed by atoms with Gasteiger partial charge in [-0.3, -0.25) is 19.6 Å². The second-order valence-electron chi connectivity index (χ2n) is 8.05. The van der Waals surface area contributed by atoms with E-state index in [2.05, 4.69) is 15.1 Å². The van der Waals surface area contributed by atoms with Crippen molar-refractivity contribution < 1.29 is 14.1 Å². The quantitative estimate of drug-likeness (QED) is 0.806. The molecule has 28 heavy (non-hydrogen) atoms. The summed E-state index contributed by atoms with van der Waals surface area (Å²) in [5.74, 6) is 0.677.